The molecule has 1 unspecified atom stereocenters. The minimum Gasteiger partial charge on any atom is -0.490 e. The fourth-order valence-electron chi connectivity index (χ4n) is 3.97. The third-order valence-corrected chi connectivity index (χ3v) is 5.94. The van der Waals surface area contributed by atoms with Crippen LogP contribution in [0.4, 0.5) is 10.2 Å². The number of rotatable bonds is 6. The molecule has 9 nitrogen and oxygen atoms in total. The zero-order valence-electron chi connectivity index (χ0n) is 18.3. The zero-order chi connectivity index (χ0) is 23.2. The van der Waals surface area contributed by atoms with Crippen molar-refractivity contribution in [1.29, 1.82) is 0 Å². The van der Waals surface area contributed by atoms with Gasteiger partial charge in [0.25, 0.3) is 0 Å². The van der Waals surface area contributed by atoms with Gasteiger partial charge in [0, 0.05) is 18.0 Å². The van der Waals surface area contributed by atoms with Gasteiger partial charge in [-0.05, 0) is 49.6 Å². The molecule has 5 aromatic rings. The minimum absolute atomic E-state index is 0.0894. The Kier molecular flexibility index (Phi) is 4.72. The van der Waals surface area contributed by atoms with E-state index in [0.29, 0.717) is 23.3 Å². The molecule has 2 N–H and O–H groups in total. The molecular formula is C24H21FN8O. The second-order valence-corrected chi connectivity index (χ2v) is 8.32. The summed E-state index contributed by atoms with van der Waals surface area (Å²) in [7, 11) is 0. The van der Waals surface area contributed by atoms with E-state index in [-0.39, 0.29) is 11.9 Å². The van der Waals surface area contributed by atoms with Crippen molar-refractivity contribution in [2.24, 2.45) is 0 Å². The number of hydrogen-bond acceptors (Lipinski definition) is 7. The number of nitrogens with two attached hydrogens (primary N) is 1. The standard InChI is InChI=1S/C24H21FN8O/c1-14(20-12-33(31-30-20)23-19(25)3-2-10-27-23)32-11-18(21-22(26)28-13-29-24(21)32)15-4-6-16(7-5-15)34-17-8-9-17/h2-7,10-14,17H,8-9H2,1H3,(H2,26,28,29). The molecule has 4 heterocycles. The highest BCUT2D eigenvalue weighted by Gasteiger charge is 2.24. The van der Waals surface area contributed by atoms with Gasteiger partial charge in [-0.1, -0.05) is 17.3 Å². The number of anilines is 1. The first-order valence-electron chi connectivity index (χ1n) is 11.0. The van der Waals surface area contributed by atoms with Crippen molar-refractivity contribution in [3.8, 4) is 22.7 Å². The Labute approximate surface area is 194 Å². The maximum absolute atomic E-state index is 14.2. The molecule has 0 spiro atoms. The van der Waals surface area contributed by atoms with Crippen molar-refractivity contribution in [3.63, 3.8) is 0 Å². The molecule has 34 heavy (non-hydrogen) atoms. The van der Waals surface area contributed by atoms with Gasteiger partial charge in [-0.25, -0.2) is 19.3 Å². The molecule has 1 fully saturated rings. The molecule has 10 heteroatoms. The Morgan fingerprint density at radius 2 is 1.91 bits per heavy atom. The summed E-state index contributed by atoms with van der Waals surface area (Å²) in [5, 5.41) is 9.09. The van der Waals surface area contributed by atoms with E-state index in [1.165, 1.54) is 29.3 Å². The Bertz CT molecular complexity index is 1490. The van der Waals surface area contributed by atoms with E-state index in [9.17, 15) is 4.39 Å². The summed E-state index contributed by atoms with van der Waals surface area (Å²) in [6.45, 7) is 1.97. The Balaban J connectivity index is 1.40. The molecule has 4 aromatic heterocycles. The lowest BCUT2D eigenvalue weighted by Crippen LogP contribution is -2.07. The monoisotopic (exact) mass is 456 g/mol. The van der Waals surface area contributed by atoms with Gasteiger partial charge >= 0.3 is 0 Å². The molecule has 0 radical (unpaired) electrons. The zero-order valence-corrected chi connectivity index (χ0v) is 18.3. The summed E-state index contributed by atoms with van der Waals surface area (Å²) in [6, 6.07) is 10.5. The highest BCUT2D eigenvalue weighted by Crippen LogP contribution is 2.36. The van der Waals surface area contributed by atoms with Crippen LogP contribution in [0, 0.1) is 5.82 Å². The van der Waals surface area contributed by atoms with Crippen LogP contribution in [0.3, 0.4) is 0 Å². The summed E-state index contributed by atoms with van der Waals surface area (Å²) in [5.74, 6) is 0.857. The van der Waals surface area contributed by atoms with Crippen LogP contribution < -0.4 is 10.5 Å². The summed E-state index contributed by atoms with van der Waals surface area (Å²) in [4.78, 5) is 12.8. The molecule has 6 rings (SSSR count). The molecule has 1 aliphatic carbocycles. The lowest BCUT2D eigenvalue weighted by atomic mass is 10.1. The number of ether oxygens (including phenoxy) is 1. The summed E-state index contributed by atoms with van der Waals surface area (Å²) in [6.07, 6.45) is 9.16. The highest BCUT2D eigenvalue weighted by atomic mass is 19.1. The predicted molar refractivity (Wildman–Crippen MR) is 124 cm³/mol. The first-order valence-corrected chi connectivity index (χ1v) is 11.0. The molecule has 1 aromatic carbocycles. The van der Waals surface area contributed by atoms with Crippen molar-refractivity contribution < 1.29 is 9.13 Å². The molecule has 170 valence electrons. The molecule has 1 aliphatic rings. The van der Waals surface area contributed by atoms with Crippen molar-refractivity contribution >= 4 is 16.9 Å². The average Bonchev–Trinajstić information content (AvgIpc) is 3.37. The lowest BCUT2D eigenvalue weighted by molar-refractivity contribution is 0.303. The van der Waals surface area contributed by atoms with Gasteiger partial charge in [-0.2, -0.15) is 4.68 Å². The summed E-state index contributed by atoms with van der Waals surface area (Å²) >= 11 is 0. The van der Waals surface area contributed by atoms with E-state index < -0.39 is 5.82 Å². The van der Waals surface area contributed by atoms with Gasteiger partial charge in [0.05, 0.1) is 23.7 Å². The number of benzene rings is 1. The SMILES string of the molecule is CC(c1cn(-c2ncccc2F)nn1)n1cc(-c2ccc(OC3CC3)cc2)c2c(N)ncnc21. The predicted octanol–water partition coefficient (Wildman–Crippen LogP) is 3.95. The second-order valence-electron chi connectivity index (χ2n) is 8.32. The van der Waals surface area contributed by atoms with Crippen LogP contribution in [0.1, 0.15) is 31.5 Å². The van der Waals surface area contributed by atoms with E-state index in [1.54, 1.807) is 6.20 Å². The highest BCUT2D eigenvalue weighted by molar-refractivity contribution is 6.00. The van der Waals surface area contributed by atoms with Crippen molar-refractivity contribution in [1.82, 2.24) is 34.5 Å². The van der Waals surface area contributed by atoms with E-state index in [0.717, 1.165) is 35.1 Å². The van der Waals surface area contributed by atoms with Gasteiger partial charge < -0.3 is 15.0 Å². The van der Waals surface area contributed by atoms with Crippen LogP contribution in [0.25, 0.3) is 28.0 Å². The first kappa shape index (κ1) is 20.3. The topological polar surface area (TPSA) is 110 Å². The normalized spacial score (nSPS) is 14.4. The average molecular weight is 456 g/mol. The number of hydrogen-bond donors (Lipinski definition) is 1. The molecule has 0 bridgehead atoms. The Morgan fingerprint density at radius 3 is 2.68 bits per heavy atom. The third-order valence-electron chi connectivity index (χ3n) is 5.94. The van der Waals surface area contributed by atoms with Crippen LogP contribution >= 0.6 is 0 Å². The minimum atomic E-state index is -0.477. The summed E-state index contributed by atoms with van der Waals surface area (Å²) < 4.78 is 23.3. The molecule has 0 aliphatic heterocycles. The maximum Gasteiger partial charge on any atom is 0.191 e. The number of fused-ring (bicyclic) bond motifs is 1. The molecule has 1 saturated carbocycles. The fraction of sp³-hybridized carbons (Fsp3) is 0.208. The van der Waals surface area contributed by atoms with E-state index in [2.05, 4.69) is 25.3 Å². The first-order chi connectivity index (χ1) is 16.6. The lowest BCUT2D eigenvalue weighted by Gasteiger charge is -2.11. The van der Waals surface area contributed by atoms with E-state index in [1.807, 2.05) is 42.0 Å². The van der Waals surface area contributed by atoms with Crippen molar-refractivity contribution in [2.45, 2.75) is 31.9 Å². The Hall–Kier alpha value is -4.34. The van der Waals surface area contributed by atoms with Gasteiger partial charge in [0.15, 0.2) is 11.6 Å². The summed E-state index contributed by atoms with van der Waals surface area (Å²) in [5.41, 5.74) is 9.45. The van der Waals surface area contributed by atoms with Crippen molar-refractivity contribution in [2.75, 3.05) is 5.73 Å². The Morgan fingerprint density at radius 1 is 1.09 bits per heavy atom. The molecule has 0 amide bonds. The van der Waals surface area contributed by atoms with Gasteiger partial charge in [-0.15, -0.1) is 5.10 Å². The number of aromatic nitrogens is 7. The smallest absolute Gasteiger partial charge is 0.191 e. The molecular weight excluding hydrogens is 435 g/mol. The number of nitrogen functional groups attached to an aromatic ring is 1. The maximum atomic E-state index is 14.2. The van der Waals surface area contributed by atoms with Crippen LogP contribution in [0.2, 0.25) is 0 Å². The fourth-order valence-corrected chi connectivity index (χ4v) is 3.97. The second kappa shape index (κ2) is 7.91. The van der Waals surface area contributed by atoms with Crippen LogP contribution in [0.5, 0.6) is 5.75 Å². The van der Waals surface area contributed by atoms with E-state index >= 15 is 0 Å². The number of nitrogens with zero attached hydrogens (tertiary/aromatic N) is 7. The number of pyridine rings is 1. The van der Waals surface area contributed by atoms with Gasteiger partial charge in [0.1, 0.15) is 29.2 Å². The third kappa shape index (κ3) is 3.53. The largest absolute Gasteiger partial charge is 0.490 e. The van der Waals surface area contributed by atoms with Crippen LogP contribution in [-0.2, 0) is 0 Å². The van der Waals surface area contributed by atoms with Gasteiger partial charge in [-0.3, -0.25) is 0 Å². The van der Waals surface area contributed by atoms with E-state index in [4.69, 9.17) is 10.5 Å². The number of halogens is 1. The molecule has 0 saturated heterocycles. The van der Waals surface area contributed by atoms with Crippen LogP contribution in [0.15, 0.2) is 61.3 Å². The quantitative estimate of drug-likeness (QED) is 0.412. The van der Waals surface area contributed by atoms with Crippen LogP contribution in [-0.4, -0.2) is 40.6 Å². The van der Waals surface area contributed by atoms with Crippen molar-refractivity contribution in [3.05, 3.63) is 72.8 Å². The molecule has 1 atom stereocenters. The van der Waals surface area contributed by atoms with Gasteiger partial charge in [0.2, 0.25) is 0 Å².